The van der Waals surface area contributed by atoms with Gasteiger partial charge >= 0.3 is 0 Å². The van der Waals surface area contributed by atoms with E-state index < -0.39 is 6.29 Å². The van der Waals surface area contributed by atoms with Crippen LogP contribution in [0.4, 0.5) is 0 Å². The van der Waals surface area contributed by atoms with Crippen molar-refractivity contribution in [3.8, 4) is 0 Å². The maximum absolute atomic E-state index is 8.93. The Balaban J connectivity index is 2.06. The van der Waals surface area contributed by atoms with Gasteiger partial charge in [0.1, 0.15) is 0 Å². The van der Waals surface area contributed by atoms with E-state index in [1.54, 1.807) is 0 Å². The molecule has 0 aromatic carbocycles. The van der Waals surface area contributed by atoms with Crippen LogP contribution in [0.15, 0.2) is 16.6 Å². The Kier molecular flexibility index (Phi) is 1.98. The Morgan fingerprint density at radius 2 is 2.17 bits per heavy atom. The third-order valence-electron chi connectivity index (χ3n) is 2.39. The first-order valence-corrected chi connectivity index (χ1v) is 4.35. The molecule has 2 aliphatic rings. The van der Waals surface area contributed by atoms with E-state index in [0.717, 1.165) is 0 Å². The molecule has 0 spiro atoms. The summed E-state index contributed by atoms with van der Waals surface area (Å²) < 4.78 is 0. The molecule has 66 valence electrons. The van der Waals surface area contributed by atoms with E-state index in [1.807, 2.05) is 12.3 Å². The Morgan fingerprint density at radius 3 is 2.75 bits per heavy atom. The molecule has 1 unspecified atom stereocenters. The topological polar surface area (TPSA) is 52.8 Å². The maximum atomic E-state index is 8.93. The van der Waals surface area contributed by atoms with Gasteiger partial charge in [0, 0.05) is 12.1 Å². The van der Waals surface area contributed by atoms with Crippen molar-refractivity contribution >= 4 is 6.21 Å². The molecule has 12 heavy (non-hydrogen) atoms. The van der Waals surface area contributed by atoms with E-state index in [1.165, 1.54) is 18.4 Å². The first kappa shape index (κ1) is 7.95. The molecule has 0 amide bonds. The third-order valence-corrected chi connectivity index (χ3v) is 2.39. The summed E-state index contributed by atoms with van der Waals surface area (Å²) in [6.07, 6.45) is 5.03. The highest BCUT2D eigenvalue weighted by atomic mass is 16.5. The van der Waals surface area contributed by atoms with Crippen LogP contribution in [0.25, 0.3) is 0 Å². The number of aliphatic hydroxyl groups is 2. The molecule has 1 aliphatic heterocycles. The largest absolute Gasteiger partial charge is 0.368 e. The number of allylic oxidation sites excluding steroid dienone is 1. The van der Waals surface area contributed by atoms with Crippen molar-refractivity contribution in [2.24, 2.45) is 16.8 Å². The van der Waals surface area contributed by atoms with Crippen LogP contribution < -0.4 is 0 Å². The average molecular weight is 167 g/mol. The second-order valence-electron chi connectivity index (χ2n) is 3.51. The van der Waals surface area contributed by atoms with Crippen molar-refractivity contribution in [3.05, 3.63) is 11.6 Å². The van der Waals surface area contributed by atoms with Gasteiger partial charge in [-0.05, 0) is 24.3 Å². The van der Waals surface area contributed by atoms with Crippen LogP contribution in [0.1, 0.15) is 12.8 Å². The van der Waals surface area contributed by atoms with Gasteiger partial charge in [-0.1, -0.05) is 6.08 Å². The summed E-state index contributed by atoms with van der Waals surface area (Å²) in [7, 11) is 0. The second-order valence-corrected chi connectivity index (χ2v) is 3.51. The lowest BCUT2D eigenvalue weighted by atomic mass is 10.0. The van der Waals surface area contributed by atoms with E-state index in [9.17, 15) is 0 Å². The van der Waals surface area contributed by atoms with Gasteiger partial charge in [0.25, 0.3) is 0 Å². The molecule has 0 aromatic rings. The zero-order valence-electron chi connectivity index (χ0n) is 6.85. The summed E-state index contributed by atoms with van der Waals surface area (Å²) in [5.41, 5.74) is 1.19. The summed E-state index contributed by atoms with van der Waals surface area (Å²) in [6.45, 7) is 0.508. The second kappa shape index (κ2) is 2.99. The van der Waals surface area contributed by atoms with Gasteiger partial charge < -0.3 is 10.2 Å². The molecule has 0 aromatic heterocycles. The number of hydrogen-bond donors (Lipinski definition) is 2. The van der Waals surface area contributed by atoms with Crippen molar-refractivity contribution in [2.45, 2.75) is 19.1 Å². The van der Waals surface area contributed by atoms with Crippen LogP contribution in [-0.2, 0) is 0 Å². The summed E-state index contributed by atoms with van der Waals surface area (Å²) in [4.78, 5) is 4.11. The van der Waals surface area contributed by atoms with Crippen LogP contribution in [0.2, 0.25) is 0 Å². The molecule has 1 atom stereocenters. The minimum absolute atomic E-state index is 0.189. The fraction of sp³-hybridized carbons (Fsp3) is 0.667. The van der Waals surface area contributed by atoms with E-state index >= 15 is 0 Å². The van der Waals surface area contributed by atoms with Gasteiger partial charge in [-0.15, -0.1) is 0 Å². The number of hydrogen-bond acceptors (Lipinski definition) is 3. The van der Waals surface area contributed by atoms with Gasteiger partial charge in [0.2, 0.25) is 0 Å². The lowest BCUT2D eigenvalue weighted by molar-refractivity contribution is -0.0676. The molecule has 1 fully saturated rings. The number of rotatable bonds is 2. The van der Waals surface area contributed by atoms with Crippen molar-refractivity contribution in [3.63, 3.8) is 0 Å². The minimum Gasteiger partial charge on any atom is -0.368 e. The normalized spacial score (nSPS) is 29.2. The monoisotopic (exact) mass is 167 g/mol. The van der Waals surface area contributed by atoms with Crippen molar-refractivity contribution in [1.82, 2.24) is 0 Å². The zero-order valence-corrected chi connectivity index (χ0v) is 6.85. The SMILES string of the molecule is OC(O)C1C=C(C2CC2)C=NC1. The molecule has 1 aliphatic carbocycles. The standard InChI is InChI=1S/C9H13NO2/c11-9(12)8-3-7(4-10-5-8)6-1-2-6/h3-4,6,8-9,11-12H,1-2,5H2. The van der Waals surface area contributed by atoms with Gasteiger partial charge in [0.05, 0.1) is 6.54 Å². The molecular weight excluding hydrogens is 154 g/mol. The van der Waals surface area contributed by atoms with E-state index in [0.29, 0.717) is 12.5 Å². The van der Waals surface area contributed by atoms with E-state index in [2.05, 4.69) is 4.99 Å². The Morgan fingerprint density at radius 1 is 1.42 bits per heavy atom. The minimum atomic E-state index is -1.25. The molecule has 2 rings (SSSR count). The highest BCUT2D eigenvalue weighted by Crippen LogP contribution is 2.37. The summed E-state index contributed by atoms with van der Waals surface area (Å²) in [5, 5.41) is 17.9. The molecule has 3 heteroatoms. The smallest absolute Gasteiger partial charge is 0.159 e. The Labute approximate surface area is 71.4 Å². The molecule has 3 nitrogen and oxygen atoms in total. The fourth-order valence-electron chi connectivity index (χ4n) is 1.46. The number of aliphatic imine (C=N–C) groups is 1. The quantitative estimate of drug-likeness (QED) is 0.582. The molecule has 0 saturated heterocycles. The van der Waals surface area contributed by atoms with E-state index in [-0.39, 0.29) is 5.92 Å². The highest BCUT2D eigenvalue weighted by molar-refractivity contribution is 5.80. The van der Waals surface area contributed by atoms with Gasteiger partial charge in [-0.2, -0.15) is 0 Å². The predicted octanol–water partition coefficient (Wildman–Crippen LogP) is 0.334. The van der Waals surface area contributed by atoms with Gasteiger partial charge in [0.15, 0.2) is 6.29 Å². The van der Waals surface area contributed by atoms with Crippen LogP contribution in [0.3, 0.4) is 0 Å². The molecule has 0 bridgehead atoms. The first-order chi connectivity index (χ1) is 5.77. The van der Waals surface area contributed by atoms with E-state index in [4.69, 9.17) is 10.2 Å². The molecule has 0 radical (unpaired) electrons. The van der Waals surface area contributed by atoms with Gasteiger partial charge in [-0.3, -0.25) is 4.99 Å². The van der Waals surface area contributed by atoms with Crippen LogP contribution in [0.5, 0.6) is 0 Å². The van der Waals surface area contributed by atoms with Crippen LogP contribution in [0, 0.1) is 11.8 Å². The van der Waals surface area contributed by atoms with Crippen LogP contribution in [-0.4, -0.2) is 29.3 Å². The maximum Gasteiger partial charge on any atom is 0.159 e. The van der Waals surface area contributed by atoms with Crippen molar-refractivity contribution in [2.75, 3.05) is 6.54 Å². The lowest BCUT2D eigenvalue weighted by Crippen LogP contribution is -2.23. The Bertz CT molecular complexity index is 229. The summed E-state index contributed by atoms with van der Waals surface area (Å²) >= 11 is 0. The summed E-state index contributed by atoms with van der Waals surface area (Å²) in [6, 6.07) is 0. The number of nitrogens with zero attached hydrogens (tertiary/aromatic N) is 1. The Hall–Kier alpha value is -0.670. The average Bonchev–Trinajstić information content (AvgIpc) is 2.87. The van der Waals surface area contributed by atoms with Crippen molar-refractivity contribution in [1.29, 1.82) is 0 Å². The molecule has 1 heterocycles. The highest BCUT2D eigenvalue weighted by Gasteiger charge is 2.28. The summed E-state index contributed by atoms with van der Waals surface area (Å²) in [5.74, 6) is 0.459. The predicted molar refractivity (Wildman–Crippen MR) is 45.9 cm³/mol. The zero-order chi connectivity index (χ0) is 8.55. The first-order valence-electron chi connectivity index (χ1n) is 4.35. The fourth-order valence-corrected chi connectivity index (χ4v) is 1.46. The molecular formula is C9H13NO2. The number of dihydropyridines is 1. The van der Waals surface area contributed by atoms with Crippen LogP contribution >= 0.6 is 0 Å². The third kappa shape index (κ3) is 1.57. The number of aliphatic hydroxyl groups excluding tert-OH is 1. The molecule has 1 saturated carbocycles. The molecule has 2 N–H and O–H groups in total. The lowest BCUT2D eigenvalue weighted by Gasteiger charge is -2.17. The van der Waals surface area contributed by atoms with Gasteiger partial charge in [-0.25, -0.2) is 0 Å². The van der Waals surface area contributed by atoms with Crippen molar-refractivity contribution < 1.29 is 10.2 Å².